The molecule has 3 heteroatoms. The van der Waals surface area contributed by atoms with E-state index in [2.05, 4.69) is 24.3 Å². The molecule has 1 atom stereocenters. The van der Waals surface area contributed by atoms with E-state index < -0.39 is 0 Å². The van der Waals surface area contributed by atoms with E-state index in [0.717, 1.165) is 29.0 Å². The maximum Gasteiger partial charge on any atom is 0.161 e. The summed E-state index contributed by atoms with van der Waals surface area (Å²) in [7, 11) is 3.29. The lowest BCUT2D eigenvalue weighted by atomic mass is 10.0. The first kappa shape index (κ1) is 14.4. The van der Waals surface area contributed by atoms with Gasteiger partial charge >= 0.3 is 0 Å². The molecule has 0 aliphatic rings. The van der Waals surface area contributed by atoms with E-state index >= 15 is 0 Å². The normalized spacial score (nSPS) is 12.0. The molecule has 0 saturated heterocycles. The molecule has 0 bridgehead atoms. The number of methoxy groups -OCH3 is 2. The van der Waals surface area contributed by atoms with Crippen molar-refractivity contribution < 1.29 is 9.47 Å². The number of rotatable bonds is 5. The van der Waals surface area contributed by atoms with Crippen molar-refractivity contribution in [2.45, 2.75) is 19.4 Å². The van der Waals surface area contributed by atoms with Crippen molar-refractivity contribution in [3.05, 3.63) is 48.0 Å². The second-order valence-corrected chi connectivity index (χ2v) is 4.95. The van der Waals surface area contributed by atoms with E-state index in [4.69, 9.17) is 15.2 Å². The number of hydrogen-bond donors (Lipinski definition) is 1. The fourth-order valence-corrected chi connectivity index (χ4v) is 2.22. The summed E-state index contributed by atoms with van der Waals surface area (Å²) in [6.45, 7) is 2.02. The van der Waals surface area contributed by atoms with Crippen molar-refractivity contribution in [1.82, 2.24) is 0 Å². The van der Waals surface area contributed by atoms with Gasteiger partial charge in [0.15, 0.2) is 11.5 Å². The zero-order valence-electron chi connectivity index (χ0n) is 12.2. The highest BCUT2D eigenvalue weighted by Gasteiger charge is 2.06. The molecule has 0 aromatic heterocycles. The number of benzene rings is 2. The average Bonchev–Trinajstić information content (AvgIpc) is 2.46. The number of ether oxygens (including phenoxy) is 2. The summed E-state index contributed by atoms with van der Waals surface area (Å²) < 4.78 is 10.6. The summed E-state index contributed by atoms with van der Waals surface area (Å²) >= 11 is 0. The van der Waals surface area contributed by atoms with Crippen LogP contribution in [0.2, 0.25) is 0 Å². The minimum absolute atomic E-state index is 0.182. The molecule has 2 aromatic rings. The Hall–Kier alpha value is -2.00. The third kappa shape index (κ3) is 3.31. The summed E-state index contributed by atoms with van der Waals surface area (Å²) in [5.74, 6) is 1.48. The second-order valence-electron chi connectivity index (χ2n) is 4.95. The van der Waals surface area contributed by atoms with Crippen LogP contribution in [0, 0.1) is 0 Å². The molecule has 2 aromatic carbocycles. The second kappa shape index (κ2) is 6.44. The predicted octanol–water partition coefficient (Wildman–Crippen LogP) is 3.26. The Kier molecular flexibility index (Phi) is 4.64. The molecule has 20 heavy (non-hydrogen) atoms. The molecule has 0 radical (unpaired) electrons. The van der Waals surface area contributed by atoms with Gasteiger partial charge in [-0.15, -0.1) is 0 Å². The molecular weight excluding hydrogens is 250 g/mol. The third-order valence-corrected chi connectivity index (χ3v) is 3.23. The Labute approximate surface area is 120 Å². The molecule has 0 aliphatic carbocycles. The first-order valence-corrected chi connectivity index (χ1v) is 6.71. The molecule has 0 spiro atoms. The zero-order chi connectivity index (χ0) is 14.5. The van der Waals surface area contributed by atoms with E-state index in [1.54, 1.807) is 14.2 Å². The number of nitrogens with two attached hydrogens (primary N) is 1. The van der Waals surface area contributed by atoms with E-state index in [9.17, 15) is 0 Å². The molecule has 3 nitrogen and oxygen atoms in total. The molecule has 0 heterocycles. The summed E-state index contributed by atoms with van der Waals surface area (Å²) in [4.78, 5) is 0. The van der Waals surface area contributed by atoms with Crippen LogP contribution in [-0.4, -0.2) is 20.3 Å². The van der Waals surface area contributed by atoms with Crippen molar-refractivity contribution in [2.75, 3.05) is 14.2 Å². The van der Waals surface area contributed by atoms with Crippen LogP contribution in [0.1, 0.15) is 12.5 Å². The Morgan fingerprint density at radius 1 is 0.900 bits per heavy atom. The van der Waals surface area contributed by atoms with Crippen molar-refractivity contribution in [3.63, 3.8) is 0 Å². The SMILES string of the molecule is COc1ccc(-c2ccc(CC(C)N)cc2)cc1OC. The van der Waals surface area contributed by atoms with Gasteiger partial charge in [0.1, 0.15) is 0 Å². The van der Waals surface area contributed by atoms with Gasteiger partial charge in [-0.05, 0) is 42.2 Å². The summed E-state index contributed by atoms with van der Waals surface area (Å²) in [5, 5.41) is 0. The lowest BCUT2D eigenvalue weighted by Crippen LogP contribution is -2.17. The van der Waals surface area contributed by atoms with Crippen molar-refractivity contribution in [2.24, 2.45) is 5.73 Å². The maximum absolute atomic E-state index is 5.81. The average molecular weight is 271 g/mol. The fourth-order valence-electron chi connectivity index (χ4n) is 2.22. The van der Waals surface area contributed by atoms with Crippen LogP contribution in [0.3, 0.4) is 0 Å². The van der Waals surface area contributed by atoms with Crippen LogP contribution in [0.15, 0.2) is 42.5 Å². The third-order valence-electron chi connectivity index (χ3n) is 3.23. The zero-order valence-corrected chi connectivity index (χ0v) is 12.2. The van der Waals surface area contributed by atoms with Crippen LogP contribution in [-0.2, 0) is 6.42 Å². The van der Waals surface area contributed by atoms with Gasteiger partial charge in [-0.3, -0.25) is 0 Å². The van der Waals surface area contributed by atoms with Crippen LogP contribution in [0.25, 0.3) is 11.1 Å². The first-order chi connectivity index (χ1) is 9.63. The van der Waals surface area contributed by atoms with Gasteiger partial charge in [-0.25, -0.2) is 0 Å². The predicted molar refractivity (Wildman–Crippen MR) is 82.3 cm³/mol. The van der Waals surface area contributed by atoms with E-state index in [1.807, 2.05) is 25.1 Å². The Balaban J connectivity index is 2.27. The van der Waals surface area contributed by atoms with Gasteiger partial charge in [0.05, 0.1) is 14.2 Å². The van der Waals surface area contributed by atoms with Crippen molar-refractivity contribution in [3.8, 4) is 22.6 Å². The first-order valence-electron chi connectivity index (χ1n) is 6.71. The Morgan fingerprint density at radius 3 is 2.05 bits per heavy atom. The lowest BCUT2D eigenvalue weighted by molar-refractivity contribution is 0.355. The van der Waals surface area contributed by atoms with E-state index in [1.165, 1.54) is 5.56 Å². The van der Waals surface area contributed by atoms with Gasteiger partial charge in [-0.2, -0.15) is 0 Å². The largest absolute Gasteiger partial charge is 0.493 e. The Bertz CT molecular complexity index is 562. The molecule has 0 amide bonds. The molecule has 2 rings (SSSR count). The molecular formula is C17H21NO2. The molecule has 106 valence electrons. The van der Waals surface area contributed by atoms with Gasteiger partial charge in [-0.1, -0.05) is 30.3 Å². The monoisotopic (exact) mass is 271 g/mol. The minimum Gasteiger partial charge on any atom is -0.493 e. The summed E-state index contributed by atoms with van der Waals surface area (Å²) in [6.07, 6.45) is 0.895. The minimum atomic E-state index is 0.182. The smallest absolute Gasteiger partial charge is 0.161 e. The summed E-state index contributed by atoms with van der Waals surface area (Å²) in [6, 6.07) is 14.6. The van der Waals surface area contributed by atoms with Crippen LogP contribution in [0.4, 0.5) is 0 Å². The highest BCUT2D eigenvalue weighted by molar-refractivity contribution is 5.67. The topological polar surface area (TPSA) is 44.5 Å². The Morgan fingerprint density at radius 2 is 1.50 bits per heavy atom. The van der Waals surface area contributed by atoms with Gasteiger partial charge in [0.2, 0.25) is 0 Å². The van der Waals surface area contributed by atoms with Gasteiger partial charge in [0.25, 0.3) is 0 Å². The summed E-state index contributed by atoms with van der Waals surface area (Å²) in [5.41, 5.74) is 9.33. The highest BCUT2D eigenvalue weighted by atomic mass is 16.5. The fraction of sp³-hybridized carbons (Fsp3) is 0.294. The number of hydrogen-bond acceptors (Lipinski definition) is 3. The van der Waals surface area contributed by atoms with Crippen molar-refractivity contribution in [1.29, 1.82) is 0 Å². The van der Waals surface area contributed by atoms with E-state index in [0.29, 0.717) is 0 Å². The molecule has 2 N–H and O–H groups in total. The van der Waals surface area contributed by atoms with Gasteiger partial charge < -0.3 is 15.2 Å². The quantitative estimate of drug-likeness (QED) is 0.907. The molecule has 0 fully saturated rings. The molecule has 1 unspecified atom stereocenters. The highest BCUT2D eigenvalue weighted by Crippen LogP contribution is 2.32. The van der Waals surface area contributed by atoms with Gasteiger partial charge in [0, 0.05) is 6.04 Å². The molecule has 0 aliphatic heterocycles. The van der Waals surface area contributed by atoms with Crippen LogP contribution >= 0.6 is 0 Å². The molecule has 0 saturated carbocycles. The van der Waals surface area contributed by atoms with Crippen LogP contribution < -0.4 is 15.2 Å². The maximum atomic E-state index is 5.81. The van der Waals surface area contributed by atoms with Crippen molar-refractivity contribution >= 4 is 0 Å². The van der Waals surface area contributed by atoms with Crippen LogP contribution in [0.5, 0.6) is 11.5 Å². The van der Waals surface area contributed by atoms with E-state index in [-0.39, 0.29) is 6.04 Å². The standard InChI is InChI=1S/C17H21NO2/c1-12(18)10-13-4-6-14(7-5-13)15-8-9-16(19-2)17(11-15)20-3/h4-9,11-12H,10,18H2,1-3H3. The lowest BCUT2D eigenvalue weighted by Gasteiger charge is -2.10.